The highest BCUT2D eigenvalue weighted by Gasteiger charge is 2.07. The molecule has 1 aromatic carbocycles. The van der Waals surface area contributed by atoms with E-state index in [9.17, 15) is 0 Å². The Balaban J connectivity index is 2.77. The fourth-order valence-electron chi connectivity index (χ4n) is 1.47. The normalized spacial score (nSPS) is 11.0. The molecule has 0 atom stereocenters. The predicted molar refractivity (Wildman–Crippen MR) is 55.9 cm³/mol. The van der Waals surface area contributed by atoms with Crippen LogP contribution in [0.1, 0.15) is 11.3 Å². The molecule has 0 aliphatic carbocycles. The standard InChI is InChI=1S/C10H11ClN2/c1-6-2-3-8-7(4-6)10(11)9(5-12)13-8/h2-4,13H,5,12H2,1H3. The predicted octanol–water partition coefficient (Wildman–Crippen LogP) is 2.59. The number of hydrogen-bond donors (Lipinski definition) is 2. The van der Waals surface area contributed by atoms with E-state index in [-0.39, 0.29) is 0 Å². The van der Waals surface area contributed by atoms with Crippen LogP contribution in [0.15, 0.2) is 18.2 Å². The van der Waals surface area contributed by atoms with E-state index < -0.39 is 0 Å². The third-order valence-electron chi connectivity index (χ3n) is 2.17. The number of halogens is 1. The van der Waals surface area contributed by atoms with Crippen LogP contribution in [0, 0.1) is 6.92 Å². The van der Waals surface area contributed by atoms with E-state index >= 15 is 0 Å². The van der Waals surface area contributed by atoms with Crippen LogP contribution in [0.4, 0.5) is 0 Å². The molecule has 13 heavy (non-hydrogen) atoms. The lowest BCUT2D eigenvalue weighted by atomic mass is 10.2. The van der Waals surface area contributed by atoms with Crippen LogP contribution in [-0.4, -0.2) is 4.98 Å². The number of H-pyrrole nitrogens is 1. The number of aryl methyl sites for hydroxylation is 1. The summed E-state index contributed by atoms with van der Waals surface area (Å²) >= 11 is 6.12. The van der Waals surface area contributed by atoms with Gasteiger partial charge < -0.3 is 10.7 Å². The maximum Gasteiger partial charge on any atom is 0.0705 e. The van der Waals surface area contributed by atoms with Crippen LogP contribution >= 0.6 is 11.6 Å². The van der Waals surface area contributed by atoms with Gasteiger partial charge in [-0.25, -0.2) is 0 Å². The quantitative estimate of drug-likeness (QED) is 0.720. The first-order valence-electron chi connectivity index (χ1n) is 4.19. The van der Waals surface area contributed by atoms with Crippen molar-refractivity contribution < 1.29 is 0 Å². The molecule has 0 spiro atoms. The molecule has 0 amide bonds. The van der Waals surface area contributed by atoms with Crippen LogP contribution in [0.5, 0.6) is 0 Å². The zero-order chi connectivity index (χ0) is 9.42. The Labute approximate surface area is 81.7 Å². The Morgan fingerprint density at radius 2 is 2.23 bits per heavy atom. The topological polar surface area (TPSA) is 41.8 Å². The highest BCUT2D eigenvalue weighted by molar-refractivity contribution is 6.36. The van der Waals surface area contributed by atoms with Gasteiger partial charge in [0.05, 0.1) is 5.02 Å². The van der Waals surface area contributed by atoms with Crippen molar-refractivity contribution in [1.29, 1.82) is 0 Å². The van der Waals surface area contributed by atoms with Crippen molar-refractivity contribution in [1.82, 2.24) is 4.98 Å². The molecule has 2 rings (SSSR count). The molecular formula is C10H11ClN2. The molecule has 0 aliphatic heterocycles. The van der Waals surface area contributed by atoms with Gasteiger partial charge >= 0.3 is 0 Å². The van der Waals surface area contributed by atoms with Gasteiger partial charge in [-0.3, -0.25) is 0 Å². The van der Waals surface area contributed by atoms with Gasteiger partial charge in [-0.15, -0.1) is 0 Å². The summed E-state index contributed by atoms with van der Waals surface area (Å²) in [6.45, 7) is 2.50. The number of nitrogens with one attached hydrogen (secondary N) is 1. The minimum Gasteiger partial charge on any atom is -0.356 e. The van der Waals surface area contributed by atoms with Gasteiger partial charge in [-0.05, 0) is 19.1 Å². The summed E-state index contributed by atoms with van der Waals surface area (Å²) in [6.07, 6.45) is 0. The maximum absolute atomic E-state index is 6.12. The first-order chi connectivity index (χ1) is 6.22. The van der Waals surface area contributed by atoms with E-state index in [1.54, 1.807) is 0 Å². The van der Waals surface area contributed by atoms with Crippen molar-refractivity contribution in [3.8, 4) is 0 Å². The summed E-state index contributed by atoms with van der Waals surface area (Å²) in [5.74, 6) is 0. The Morgan fingerprint density at radius 1 is 1.46 bits per heavy atom. The summed E-state index contributed by atoms with van der Waals surface area (Å²) in [4.78, 5) is 3.18. The fraction of sp³-hybridized carbons (Fsp3) is 0.200. The van der Waals surface area contributed by atoms with E-state index in [2.05, 4.69) is 17.1 Å². The molecule has 0 saturated heterocycles. The lowest BCUT2D eigenvalue weighted by Crippen LogP contribution is -1.96. The molecule has 0 bridgehead atoms. The number of benzene rings is 1. The molecule has 2 aromatic rings. The van der Waals surface area contributed by atoms with Gasteiger partial charge in [0.2, 0.25) is 0 Å². The summed E-state index contributed by atoms with van der Waals surface area (Å²) in [7, 11) is 0. The molecule has 1 aromatic heterocycles. The molecule has 2 nitrogen and oxygen atoms in total. The van der Waals surface area contributed by atoms with Gasteiger partial charge in [-0.2, -0.15) is 0 Å². The summed E-state index contributed by atoms with van der Waals surface area (Å²) in [5.41, 5.74) is 8.70. The van der Waals surface area contributed by atoms with E-state index in [1.165, 1.54) is 5.56 Å². The first kappa shape index (κ1) is 8.60. The number of nitrogens with two attached hydrogens (primary N) is 1. The van der Waals surface area contributed by atoms with Gasteiger partial charge in [0, 0.05) is 23.1 Å². The zero-order valence-electron chi connectivity index (χ0n) is 7.39. The molecule has 0 radical (unpaired) electrons. The Hall–Kier alpha value is -0.990. The minimum atomic E-state index is 0.451. The number of rotatable bonds is 1. The molecule has 3 N–H and O–H groups in total. The molecule has 0 aliphatic rings. The van der Waals surface area contributed by atoms with Gasteiger partial charge in [0.1, 0.15) is 0 Å². The molecule has 3 heteroatoms. The SMILES string of the molecule is Cc1ccc2[nH]c(CN)c(Cl)c2c1. The van der Waals surface area contributed by atoms with E-state index in [0.717, 1.165) is 21.6 Å². The largest absolute Gasteiger partial charge is 0.356 e. The second kappa shape index (κ2) is 3.05. The number of aromatic nitrogens is 1. The van der Waals surface area contributed by atoms with Crippen molar-refractivity contribution in [3.05, 3.63) is 34.5 Å². The average molecular weight is 195 g/mol. The molecular weight excluding hydrogens is 184 g/mol. The zero-order valence-corrected chi connectivity index (χ0v) is 8.15. The maximum atomic E-state index is 6.12. The van der Waals surface area contributed by atoms with Crippen LogP contribution < -0.4 is 5.73 Å². The molecule has 0 saturated carbocycles. The molecule has 0 unspecified atom stereocenters. The summed E-state index contributed by atoms with van der Waals surface area (Å²) < 4.78 is 0. The first-order valence-corrected chi connectivity index (χ1v) is 4.57. The molecule has 1 heterocycles. The second-order valence-corrected chi connectivity index (χ2v) is 3.55. The van der Waals surface area contributed by atoms with Crippen molar-refractivity contribution in [2.24, 2.45) is 5.73 Å². The van der Waals surface area contributed by atoms with E-state index in [4.69, 9.17) is 17.3 Å². The van der Waals surface area contributed by atoms with Crippen LogP contribution in [-0.2, 0) is 6.54 Å². The van der Waals surface area contributed by atoms with E-state index in [1.807, 2.05) is 13.0 Å². The monoisotopic (exact) mass is 194 g/mol. The third kappa shape index (κ3) is 1.32. The fourth-order valence-corrected chi connectivity index (χ4v) is 1.75. The summed E-state index contributed by atoms with van der Waals surface area (Å²) in [5, 5.41) is 1.81. The van der Waals surface area contributed by atoms with Crippen LogP contribution in [0.3, 0.4) is 0 Å². The Bertz CT molecular complexity index is 445. The minimum absolute atomic E-state index is 0.451. The second-order valence-electron chi connectivity index (χ2n) is 3.17. The van der Waals surface area contributed by atoms with Crippen LogP contribution in [0.25, 0.3) is 10.9 Å². The molecule has 0 fully saturated rings. The van der Waals surface area contributed by atoms with Gasteiger partial charge in [-0.1, -0.05) is 23.2 Å². The smallest absolute Gasteiger partial charge is 0.0705 e. The van der Waals surface area contributed by atoms with E-state index in [0.29, 0.717) is 6.54 Å². The Morgan fingerprint density at radius 3 is 2.92 bits per heavy atom. The average Bonchev–Trinajstić information content (AvgIpc) is 2.44. The molecule has 68 valence electrons. The number of aromatic amines is 1. The Kier molecular flexibility index (Phi) is 2.02. The number of hydrogen-bond acceptors (Lipinski definition) is 1. The van der Waals surface area contributed by atoms with Crippen molar-refractivity contribution in [2.45, 2.75) is 13.5 Å². The van der Waals surface area contributed by atoms with Crippen molar-refractivity contribution >= 4 is 22.5 Å². The van der Waals surface area contributed by atoms with Gasteiger partial charge in [0.25, 0.3) is 0 Å². The number of fused-ring (bicyclic) bond motifs is 1. The lowest BCUT2D eigenvalue weighted by Gasteiger charge is -1.92. The third-order valence-corrected chi connectivity index (χ3v) is 2.60. The summed E-state index contributed by atoms with van der Waals surface area (Å²) in [6, 6.07) is 6.14. The lowest BCUT2D eigenvalue weighted by molar-refractivity contribution is 1.02. The highest BCUT2D eigenvalue weighted by Crippen LogP contribution is 2.27. The van der Waals surface area contributed by atoms with Crippen molar-refractivity contribution in [3.63, 3.8) is 0 Å². The van der Waals surface area contributed by atoms with Gasteiger partial charge in [0.15, 0.2) is 0 Å². The highest BCUT2D eigenvalue weighted by atomic mass is 35.5. The van der Waals surface area contributed by atoms with Crippen molar-refractivity contribution in [2.75, 3.05) is 0 Å². The van der Waals surface area contributed by atoms with Crippen LogP contribution in [0.2, 0.25) is 5.02 Å².